The van der Waals surface area contributed by atoms with Crippen LogP contribution < -0.4 is 5.32 Å². The number of carbonyl (C=O) groups excluding carboxylic acids is 1. The minimum absolute atomic E-state index is 0.107. The van der Waals surface area contributed by atoms with Crippen molar-refractivity contribution in [2.45, 2.75) is 44.9 Å². The monoisotopic (exact) mass is 230 g/mol. The smallest absolute Gasteiger partial charge is 0.216 e. The molecule has 0 aromatic carbocycles. The van der Waals surface area contributed by atoms with E-state index < -0.39 is 12.2 Å². The summed E-state index contributed by atoms with van der Waals surface area (Å²) in [6.45, 7) is 5.30. The lowest BCUT2D eigenvalue weighted by Gasteiger charge is -2.25. The summed E-state index contributed by atoms with van der Waals surface area (Å²) in [5.41, 5.74) is 0. The molecule has 0 aliphatic carbocycles. The van der Waals surface area contributed by atoms with Crippen LogP contribution in [0.1, 0.15) is 26.7 Å². The van der Waals surface area contributed by atoms with Crippen LogP contribution in [0, 0.1) is 0 Å². The van der Waals surface area contributed by atoms with Gasteiger partial charge in [-0.05, 0) is 13.0 Å². The molecule has 1 aliphatic heterocycles. The lowest BCUT2D eigenvalue weighted by molar-refractivity contribution is -0.119. The minimum Gasteiger partial charge on any atom is -0.389 e. The molecular formula is C11H22N2O3. The third kappa shape index (κ3) is 3.43. The predicted octanol–water partition coefficient (Wildman–Crippen LogP) is -0.671. The van der Waals surface area contributed by atoms with Gasteiger partial charge in [0.25, 0.3) is 0 Å². The van der Waals surface area contributed by atoms with Crippen LogP contribution in [0.5, 0.6) is 0 Å². The largest absolute Gasteiger partial charge is 0.389 e. The Labute approximate surface area is 96.4 Å². The lowest BCUT2D eigenvalue weighted by atomic mass is 10.1. The SMILES string of the molecule is CCCCN1C[C@H](O)[C@H](O)C1CNC(C)=O. The zero-order chi connectivity index (χ0) is 12.1. The summed E-state index contributed by atoms with van der Waals surface area (Å²) in [6, 6.07) is -0.162. The van der Waals surface area contributed by atoms with E-state index in [1.54, 1.807) is 0 Å². The highest BCUT2D eigenvalue weighted by molar-refractivity contribution is 5.72. The standard InChI is InChI=1S/C11H22N2O3/c1-3-4-5-13-7-10(15)11(16)9(13)6-12-8(2)14/h9-11,15-16H,3-7H2,1-2H3,(H,12,14)/t9?,10-,11+/m0/s1. The molecule has 3 N–H and O–H groups in total. The first-order valence-corrected chi connectivity index (χ1v) is 5.90. The van der Waals surface area contributed by atoms with Gasteiger partial charge in [0, 0.05) is 20.0 Å². The number of likely N-dealkylation sites (tertiary alicyclic amines) is 1. The number of nitrogens with zero attached hydrogens (tertiary/aromatic N) is 1. The first-order chi connectivity index (χ1) is 7.56. The van der Waals surface area contributed by atoms with Crippen molar-refractivity contribution in [1.82, 2.24) is 10.2 Å². The first kappa shape index (κ1) is 13.4. The molecular weight excluding hydrogens is 208 g/mol. The van der Waals surface area contributed by atoms with E-state index in [1.807, 2.05) is 0 Å². The number of β-amino-alcohol motifs (C(OH)–C–C–N with tert-alkyl or cyclic N) is 1. The molecule has 0 bridgehead atoms. The van der Waals surface area contributed by atoms with Crippen molar-refractivity contribution in [3.63, 3.8) is 0 Å². The Morgan fingerprint density at radius 3 is 2.75 bits per heavy atom. The van der Waals surface area contributed by atoms with Gasteiger partial charge in [0.05, 0.1) is 18.2 Å². The maximum Gasteiger partial charge on any atom is 0.216 e. The second-order valence-corrected chi connectivity index (χ2v) is 4.41. The molecule has 1 fully saturated rings. The first-order valence-electron chi connectivity index (χ1n) is 5.90. The summed E-state index contributed by atoms with van der Waals surface area (Å²) in [6.07, 6.45) is 0.658. The van der Waals surface area contributed by atoms with Gasteiger partial charge in [-0.1, -0.05) is 13.3 Å². The molecule has 0 spiro atoms. The van der Waals surface area contributed by atoms with E-state index in [0.29, 0.717) is 13.1 Å². The van der Waals surface area contributed by atoms with E-state index >= 15 is 0 Å². The lowest BCUT2D eigenvalue weighted by Crippen LogP contribution is -2.45. The number of carbonyl (C=O) groups is 1. The number of amides is 1. The van der Waals surface area contributed by atoms with Gasteiger partial charge in [-0.3, -0.25) is 9.69 Å². The molecule has 1 aliphatic rings. The number of hydrogen-bond acceptors (Lipinski definition) is 4. The number of aliphatic hydroxyl groups is 2. The zero-order valence-corrected chi connectivity index (χ0v) is 10.0. The summed E-state index contributed by atoms with van der Waals surface area (Å²) >= 11 is 0. The molecule has 5 heteroatoms. The van der Waals surface area contributed by atoms with Gasteiger partial charge in [0.15, 0.2) is 0 Å². The summed E-state index contributed by atoms with van der Waals surface area (Å²) in [7, 11) is 0. The van der Waals surface area contributed by atoms with E-state index in [2.05, 4.69) is 17.1 Å². The second kappa shape index (κ2) is 6.18. The maximum atomic E-state index is 10.8. The molecule has 1 unspecified atom stereocenters. The Kier molecular flexibility index (Phi) is 5.18. The molecule has 5 nitrogen and oxygen atoms in total. The van der Waals surface area contributed by atoms with Crippen molar-refractivity contribution in [1.29, 1.82) is 0 Å². The highest BCUT2D eigenvalue weighted by atomic mass is 16.3. The molecule has 1 amide bonds. The molecule has 1 heterocycles. The van der Waals surface area contributed by atoms with Crippen LogP contribution in [0.15, 0.2) is 0 Å². The molecule has 94 valence electrons. The van der Waals surface area contributed by atoms with Gasteiger partial charge in [0.2, 0.25) is 5.91 Å². The molecule has 0 aromatic rings. The van der Waals surface area contributed by atoms with Crippen LogP contribution in [-0.4, -0.2) is 58.9 Å². The molecule has 0 radical (unpaired) electrons. The van der Waals surface area contributed by atoms with E-state index in [4.69, 9.17) is 0 Å². The Hall–Kier alpha value is -0.650. The summed E-state index contributed by atoms with van der Waals surface area (Å²) in [4.78, 5) is 12.9. The summed E-state index contributed by atoms with van der Waals surface area (Å²) < 4.78 is 0. The predicted molar refractivity (Wildman–Crippen MR) is 61.0 cm³/mol. The zero-order valence-electron chi connectivity index (χ0n) is 10.0. The Bertz CT molecular complexity index is 235. The molecule has 0 saturated carbocycles. The fourth-order valence-corrected chi connectivity index (χ4v) is 2.07. The van der Waals surface area contributed by atoms with Crippen molar-refractivity contribution in [3.8, 4) is 0 Å². The molecule has 16 heavy (non-hydrogen) atoms. The van der Waals surface area contributed by atoms with Crippen LogP contribution in [0.25, 0.3) is 0 Å². The fraction of sp³-hybridized carbons (Fsp3) is 0.909. The Morgan fingerprint density at radius 1 is 1.50 bits per heavy atom. The van der Waals surface area contributed by atoms with Crippen molar-refractivity contribution in [2.75, 3.05) is 19.6 Å². The summed E-state index contributed by atoms with van der Waals surface area (Å²) in [5, 5.41) is 22.1. The molecule has 1 saturated heterocycles. The number of unbranched alkanes of at least 4 members (excludes halogenated alkanes) is 1. The van der Waals surface area contributed by atoms with E-state index in [0.717, 1.165) is 19.4 Å². The van der Waals surface area contributed by atoms with Gasteiger partial charge in [-0.25, -0.2) is 0 Å². The van der Waals surface area contributed by atoms with E-state index in [-0.39, 0.29) is 11.9 Å². The van der Waals surface area contributed by atoms with Gasteiger partial charge >= 0.3 is 0 Å². The van der Waals surface area contributed by atoms with Gasteiger partial charge in [-0.2, -0.15) is 0 Å². The second-order valence-electron chi connectivity index (χ2n) is 4.41. The average molecular weight is 230 g/mol. The highest BCUT2D eigenvalue weighted by Gasteiger charge is 2.39. The topological polar surface area (TPSA) is 72.8 Å². The highest BCUT2D eigenvalue weighted by Crippen LogP contribution is 2.18. The van der Waals surface area contributed by atoms with Crippen LogP contribution >= 0.6 is 0 Å². The van der Waals surface area contributed by atoms with Gasteiger partial charge < -0.3 is 15.5 Å². The van der Waals surface area contributed by atoms with Crippen LogP contribution in [0.2, 0.25) is 0 Å². The van der Waals surface area contributed by atoms with Crippen molar-refractivity contribution < 1.29 is 15.0 Å². The normalized spacial score (nSPS) is 30.6. The minimum atomic E-state index is -0.760. The van der Waals surface area contributed by atoms with Crippen molar-refractivity contribution in [3.05, 3.63) is 0 Å². The van der Waals surface area contributed by atoms with Gasteiger partial charge in [-0.15, -0.1) is 0 Å². The molecule has 0 aromatic heterocycles. The average Bonchev–Trinajstić information content (AvgIpc) is 2.49. The number of aliphatic hydroxyl groups excluding tert-OH is 2. The van der Waals surface area contributed by atoms with Crippen molar-refractivity contribution >= 4 is 5.91 Å². The van der Waals surface area contributed by atoms with Crippen LogP contribution in [0.4, 0.5) is 0 Å². The maximum absolute atomic E-state index is 10.8. The number of rotatable bonds is 5. The Morgan fingerprint density at radius 2 is 2.19 bits per heavy atom. The van der Waals surface area contributed by atoms with E-state index in [9.17, 15) is 15.0 Å². The number of hydrogen-bond donors (Lipinski definition) is 3. The van der Waals surface area contributed by atoms with Crippen LogP contribution in [0.3, 0.4) is 0 Å². The Balaban J connectivity index is 2.49. The molecule has 1 rings (SSSR count). The summed E-state index contributed by atoms with van der Waals surface area (Å²) in [5.74, 6) is -0.107. The quantitative estimate of drug-likeness (QED) is 0.585. The third-order valence-corrected chi connectivity index (χ3v) is 3.04. The van der Waals surface area contributed by atoms with Gasteiger partial charge in [0.1, 0.15) is 0 Å². The number of nitrogens with one attached hydrogen (secondary N) is 1. The van der Waals surface area contributed by atoms with Crippen LogP contribution in [-0.2, 0) is 4.79 Å². The van der Waals surface area contributed by atoms with Crippen molar-refractivity contribution in [2.24, 2.45) is 0 Å². The molecule has 3 atom stereocenters. The third-order valence-electron chi connectivity index (χ3n) is 3.04. The fourth-order valence-electron chi connectivity index (χ4n) is 2.07. The van der Waals surface area contributed by atoms with E-state index in [1.165, 1.54) is 6.92 Å².